The first kappa shape index (κ1) is 11.4. The molecule has 0 saturated heterocycles. The normalized spacial score (nSPS) is 14.6. The van der Waals surface area contributed by atoms with Gasteiger partial charge in [0.25, 0.3) is 0 Å². The van der Waals surface area contributed by atoms with Crippen LogP contribution in [0.5, 0.6) is 0 Å². The molecule has 1 heterocycles. The highest BCUT2D eigenvalue weighted by molar-refractivity contribution is 5.66. The zero-order valence-corrected chi connectivity index (χ0v) is 9.56. The summed E-state index contributed by atoms with van der Waals surface area (Å²) in [7, 11) is 0. The van der Waals surface area contributed by atoms with E-state index in [-0.39, 0.29) is 4.92 Å². The first-order valence-corrected chi connectivity index (χ1v) is 5.55. The van der Waals surface area contributed by atoms with E-state index in [1.54, 1.807) is 13.0 Å². The minimum absolute atomic E-state index is 0.294. The van der Waals surface area contributed by atoms with Crippen molar-refractivity contribution in [2.75, 3.05) is 11.9 Å². The monoisotopic (exact) mass is 231 g/mol. The van der Waals surface area contributed by atoms with Gasteiger partial charge >= 0.3 is 0 Å². The number of nitrogens with zero attached hydrogens (tertiary/aromatic N) is 2. The summed E-state index contributed by atoms with van der Waals surface area (Å²) in [4.78, 5) is 10.3. The van der Waals surface area contributed by atoms with Gasteiger partial charge in [0, 0.05) is 24.8 Å². The molecule has 1 atom stereocenters. The van der Waals surface area contributed by atoms with Gasteiger partial charge in [0.05, 0.1) is 11.3 Å². The van der Waals surface area contributed by atoms with Gasteiger partial charge in [-0.15, -0.1) is 0 Å². The van der Waals surface area contributed by atoms with Gasteiger partial charge in [0.15, 0.2) is 0 Å². The van der Waals surface area contributed by atoms with Crippen LogP contribution in [-0.2, 0) is 12.8 Å². The average Bonchev–Trinajstić information content (AvgIpc) is 2.75. The van der Waals surface area contributed by atoms with E-state index in [0.29, 0.717) is 12.0 Å². The molecule has 0 aliphatic carbocycles. The summed E-state index contributed by atoms with van der Waals surface area (Å²) < 4.78 is 0. The summed E-state index contributed by atoms with van der Waals surface area (Å²) in [6, 6.07) is 5.24. The van der Waals surface area contributed by atoms with Crippen molar-refractivity contribution in [2.24, 2.45) is 0 Å². The van der Waals surface area contributed by atoms with Gasteiger partial charge in [-0.1, -0.05) is 6.07 Å². The van der Waals surface area contributed by atoms with E-state index < -0.39 is 6.04 Å². The fourth-order valence-electron chi connectivity index (χ4n) is 2.12. The molecule has 0 amide bonds. The number of nitriles is 1. The quantitative estimate of drug-likeness (QED) is 0.634. The van der Waals surface area contributed by atoms with Crippen LogP contribution >= 0.6 is 0 Å². The van der Waals surface area contributed by atoms with Gasteiger partial charge in [-0.05, 0) is 23.6 Å². The maximum atomic E-state index is 10.6. The summed E-state index contributed by atoms with van der Waals surface area (Å²) in [6.07, 6.45) is 1.25. The fraction of sp³-hybridized carbons (Fsp3) is 0.417. The molecule has 88 valence electrons. The van der Waals surface area contributed by atoms with E-state index in [1.165, 1.54) is 0 Å². The molecule has 0 saturated carbocycles. The molecule has 0 fully saturated rings. The maximum Gasteiger partial charge on any atom is 0.214 e. The minimum atomic E-state index is -0.617. The van der Waals surface area contributed by atoms with Crippen molar-refractivity contribution >= 4 is 5.69 Å². The van der Waals surface area contributed by atoms with E-state index >= 15 is 0 Å². The van der Waals surface area contributed by atoms with Crippen molar-refractivity contribution in [1.29, 1.82) is 5.26 Å². The van der Waals surface area contributed by atoms with Crippen molar-refractivity contribution < 1.29 is 4.92 Å². The van der Waals surface area contributed by atoms with Gasteiger partial charge in [-0.25, -0.2) is 0 Å². The molecule has 1 aliphatic rings. The molecule has 1 N–H and O–H groups in total. The van der Waals surface area contributed by atoms with Crippen LogP contribution < -0.4 is 5.32 Å². The number of hydrogen-bond donors (Lipinski definition) is 1. The van der Waals surface area contributed by atoms with Crippen LogP contribution in [0.2, 0.25) is 0 Å². The maximum absolute atomic E-state index is 10.6. The minimum Gasteiger partial charge on any atom is -0.383 e. The standard InChI is InChI=1S/C12H13N3O2/c1-8(15(16)17)4-9-5-10-2-3-14-12(10)11(6-9)7-13/h5-6,8,14H,2-4H2,1H3. The molecule has 0 spiro atoms. The molecule has 0 aromatic heterocycles. The third-order valence-corrected chi connectivity index (χ3v) is 2.99. The van der Waals surface area contributed by atoms with Crippen LogP contribution in [0.4, 0.5) is 5.69 Å². The Morgan fingerprint density at radius 1 is 1.65 bits per heavy atom. The van der Waals surface area contributed by atoms with Crippen LogP contribution in [0.15, 0.2) is 12.1 Å². The summed E-state index contributed by atoms with van der Waals surface area (Å²) in [5.41, 5.74) is 3.44. The molecule has 2 rings (SSSR count). The highest BCUT2D eigenvalue weighted by Gasteiger charge is 2.19. The summed E-state index contributed by atoms with van der Waals surface area (Å²) in [5, 5.41) is 22.8. The smallest absolute Gasteiger partial charge is 0.214 e. The number of anilines is 1. The van der Waals surface area contributed by atoms with Crippen molar-refractivity contribution in [3.63, 3.8) is 0 Å². The molecule has 0 bridgehead atoms. The molecule has 5 heteroatoms. The van der Waals surface area contributed by atoms with Crippen molar-refractivity contribution in [1.82, 2.24) is 0 Å². The lowest BCUT2D eigenvalue weighted by Gasteiger charge is -2.08. The second-order valence-corrected chi connectivity index (χ2v) is 4.30. The first-order valence-electron chi connectivity index (χ1n) is 5.55. The van der Waals surface area contributed by atoms with Crippen LogP contribution in [-0.4, -0.2) is 17.5 Å². The lowest BCUT2D eigenvalue weighted by Crippen LogP contribution is -2.17. The van der Waals surface area contributed by atoms with Crippen LogP contribution in [0.1, 0.15) is 23.6 Å². The van der Waals surface area contributed by atoms with E-state index in [4.69, 9.17) is 5.26 Å². The Hall–Kier alpha value is -2.09. The van der Waals surface area contributed by atoms with Crippen LogP contribution in [0.25, 0.3) is 0 Å². The van der Waals surface area contributed by atoms with E-state index in [9.17, 15) is 10.1 Å². The molecule has 1 unspecified atom stereocenters. The Morgan fingerprint density at radius 2 is 2.41 bits per heavy atom. The Balaban J connectivity index is 2.31. The summed E-state index contributed by atoms with van der Waals surface area (Å²) >= 11 is 0. The second kappa shape index (κ2) is 4.42. The topological polar surface area (TPSA) is 79.0 Å². The number of benzene rings is 1. The van der Waals surface area contributed by atoms with Gasteiger partial charge in [-0.2, -0.15) is 5.26 Å². The predicted octanol–water partition coefficient (Wildman–Crippen LogP) is 1.73. The number of hydrogen-bond acceptors (Lipinski definition) is 4. The zero-order valence-electron chi connectivity index (χ0n) is 9.56. The van der Waals surface area contributed by atoms with E-state index in [2.05, 4.69) is 11.4 Å². The number of fused-ring (bicyclic) bond motifs is 1. The SMILES string of the molecule is CC(Cc1cc(C#N)c2c(c1)CCN2)[N+](=O)[O-]. The molecule has 17 heavy (non-hydrogen) atoms. The Bertz CT molecular complexity index is 505. The third-order valence-electron chi connectivity index (χ3n) is 2.99. The molecular weight excluding hydrogens is 218 g/mol. The largest absolute Gasteiger partial charge is 0.383 e. The van der Waals surface area contributed by atoms with Gasteiger partial charge in [0.1, 0.15) is 6.07 Å². The lowest BCUT2D eigenvalue weighted by molar-refractivity contribution is -0.517. The van der Waals surface area contributed by atoms with E-state index in [0.717, 1.165) is 29.8 Å². The number of rotatable bonds is 3. The van der Waals surface area contributed by atoms with Crippen LogP contribution in [0.3, 0.4) is 0 Å². The molecule has 1 aromatic rings. The molecular formula is C12H13N3O2. The van der Waals surface area contributed by atoms with Gasteiger partial charge in [0.2, 0.25) is 6.04 Å². The first-order chi connectivity index (χ1) is 8.11. The highest BCUT2D eigenvalue weighted by Crippen LogP contribution is 2.28. The predicted molar refractivity (Wildman–Crippen MR) is 63.5 cm³/mol. The summed E-state index contributed by atoms with van der Waals surface area (Å²) in [6.45, 7) is 2.41. The van der Waals surface area contributed by atoms with Crippen LogP contribution in [0, 0.1) is 21.4 Å². The summed E-state index contributed by atoms with van der Waals surface area (Å²) in [5.74, 6) is 0. The Labute approximate surface area is 99.2 Å². The lowest BCUT2D eigenvalue weighted by atomic mass is 9.99. The number of nitrogens with one attached hydrogen (secondary N) is 1. The molecule has 1 aromatic carbocycles. The number of nitro groups is 1. The van der Waals surface area contributed by atoms with Crippen molar-refractivity contribution in [3.05, 3.63) is 38.9 Å². The molecule has 1 aliphatic heterocycles. The zero-order chi connectivity index (χ0) is 12.4. The Morgan fingerprint density at radius 3 is 3.06 bits per heavy atom. The molecule has 0 radical (unpaired) electrons. The van der Waals surface area contributed by atoms with Gasteiger partial charge in [-0.3, -0.25) is 10.1 Å². The fourth-order valence-corrected chi connectivity index (χ4v) is 2.12. The molecule has 5 nitrogen and oxygen atoms in total. The van der Waals surface area contributed by atoms with Crippen molar-refractivity contribution in [3.8, 4) is 6.07 Å². The van der Waals surface area contributed by atoms with Gasteiger partial charge < -0.3 is 5.32 Å². The Kier molecular flexibility index (Phi) is 2.96. The second-order valence-electron chi connectivity index (χ2n) is 4.30. The average molecular weight is 231 g/mol. The third kappa shape index (κ3) is 2.21. The van der Waals surface area contributed by atoms with Crippen molar-refractivity contribution in [2.45, 2.75) is 25.8 Å². The highest BCUT2D eigenvalue weighted by atomic mass is 16.6. The van der Waals surface area contributed by atoms with E-state index in [1.807, 2.05) is 6.07 Å².